The fourth-order valence-corrected chi connectivity index (χ4v) is 3.99. The standard InChI is InChI=1S/C24H28N6O/c1-15-3-6-27-13-20(15)18-10-19-12-23(28-14-21(19)22(26)11-18)29-24(31)9-17-4-7-30(8-5-17)16(2)25/h3,6,9-14,16H,4-5,7-8,25-26H2,1-2H3,(H,28,29,31). The lowest BCUT2D eigenvalue weighted by molar-refractivity contribution is -0.112. The largest absolute Gasteiger partial charge is 0.398 e. The number of aryl methyl sites for hydroxylation is 1. The quantitative estimate of drug-likeness (QED) is 0.444. The van der Waals surface area contributed by atoms with Crippen LogP contribution in [0.3, 0.4) is 0 Å². The molecule has 0 aliphatic carbocycles. The number of nitrogen functional groups attached to an aromatic ring is 1. The lowest BCUT2D eigenvalue weighted by Gasteiger charge is -2.31. The highest BCUT2D eigenvalue weighted by Crippen LogP contribution is 2.31. The first-order chi connectivity index (χ1) is 14.9. The van der Waals surface area contributed by atoms with Crippen LogP contribution in [0.1, 0.15) is 25.3 Å². The molecule has 1 fully saturated rings. The van der Waals surface area contributed by atoms with Gasteiger partial charge in [0, 0.05) is 54.4 Å². The number of hydrogen-bond acceptors (Lipinski definition) is 6. The Labute approximate surface area is 182 Å². The summed E-state index contributed by atoms with van der Waals surface area (Å²) in [5.41, 5.74) is 17.1. The molecule has 7 heteroatoms. The van der Waals surface area contributed by atoms with Crippen LogP contribution in [0.4, 0.5) is 11.5 Å². The number of piperidine rings is 1. The fourth-order valence-electron chi connectivity index (χ4n) is 3.99. The Bertz CT molecular complexity index is 1140. The molecule has 3 heterocycles. The second-order valence-corrected chi connectivity index (χ2v) is 8.12. The summed E-state index contributed by atoms with van der Waals surface area (Å²) in [4.78, 5) is 23.4. The molecule has 0 radical (unpaired) electrons. The second kappa shape index (κ2) is 8.83. The molecule has 1 aliphatic heterocycles. The summed E-state index contributed by atoms with van der Waals surface area (Å²) in [6, 6.07) is 7.82. The van der Waals surface area contributed by atoms with Crippen LogP contribution in [0.5, 0.6) is 0 Å². The molecule has 1 atom stereocenters. The third kappa shape index (κ3) is 4.73. The first-order valence-electron chi connectivity index (χ1n) is 10.5. The Morgan fingerprint density at radius 2 is 2.00 bits per heavy atom. The number of pyridine rings is 2. The van der Waals surface area contributed by atoms with Crippen LogP contribution >= 0.6 is 0 Å². The van der Waals surface area contributed by atoms with E-state index in [1.54, 1.807) is 18.5 Å². The molecule has 4 rings (SSSR count). The Kier molecular flexibility index (Phi) is 5.97. The minimum atomic E-state index is -0.164. The van der Waals surface area contributed by atoms with Crippen LogP contribution in [-0.2, 0) is 4.79 Å². The molecule has 1 unspecified atom stereocenters. The summed E-state index contributed by atoms with van der Waals surface area (Å²) in [7, 11) is 0. The lowest BCUT2D eigenvalue weighted by Crippen LogP contribution is -2.43. The van der Waals surface area contributed by atoms with E-state index in [2.05, 4.69) is 26.3 Å². The molecule has 1 aromatic carbocycles. The van der Waals surface area contributed by atoms with Crippen molar-refractivity contribution in [1.29, 1.82) is 0 Å². The van der Waals surface area contributed by atoms with Gasteiger partial charge >= 0.3 is 0 Å². The van der Waals surface area contributed by atoms with E-state index in [0.717, 1.165) is 59.0 Å². The molecule has 1 aliphatic rings. The third-order valence-corrected chi connectivity index (χ3v) is 5.82. The van der Waals surface area contributed by atoms with Crippen molar-refractivity contribution >= 4 is 28.2 Å². The van der Waals surface area contributed by atoms with Gasteiger partial charge < -0.3 is 16.8 Å². The van der Waals surface area contributed by atoms with Crippen LogP contribution in [-0.4, -0.2) is 40.0 Å². The summed E-state index contributed by atoms with van der Waals surface area (Å²) < 4.78 is 0. The van der Waals surface area contributed by atoms with Crippen molar-refractivity contribution in [3.8, 4) is 11.1 Å². The zero-order chi connectivity index (χ0) is 22.0. The van der Waals surface area contributed by atoms with Crippen molar-refractivity contribution in [2.75, 3.05) is 24.1 Å². The number of anilines is 2. The molecule has 1 amide bonds. The van der Waals surface area contributed by atoms with Gasteiger partial charge in [-0.2, -0.15) is 0 Å². The van der Waals surface area contributed by atoms with E-state index in [1.165, 1.54) is 0 Å². The summed E-state index contributed by atoms with van der Waals surface area (Å²) in [5.74, 6) is 0.338. The van der Waals surface area contributed by atoms with Gasteiger partial charge in [-0.25, -0.2) is 4.98 Å². The van der Waals surface area contributed by atoms with Crippen molar-refractivity contribution in [3.63, 3.8) is 0 Å². The van der Waals surface area contributed by atoms with Crippen LogP contribution < -0.4 is 16.8 Å². The van der Waals surface area contributed by atoms with E-state index in [4.69, 9.17) is 11.5 Å². The Morgan fingerprint density at radius 1 is 1.23 bits per heavy atom. The van der Waals surface area contributed by atoms with Gasteiger partial charge in [0.2, 0.25) is 5.91 Å². The maximum absolute atomic E-state index is 12.5. The molecular weight excluding hydrogens is 388 g/mol. The highest BCUT2D eigenvalue weighted by atomic mass is 16.1. The molecular formula is C24H28N6O. The number of benzene rings is 1. The van der Waals surface area contributed by atoms with Gasteiger partial charge in [0.25, 0.3) is 0 Å². The predicted octanol–water partition coefficient (Wildman–Crippen LogP) is 3.45. The molecule has 0 bridgehead atoms. The van der Waals surface area contributed by atoms with Crippen LogP contribution in [0.15, 0.2) is 54.5 Å². The van der Waals surface area contributed by atoms with Crippen molar-refractivity contribution in [2.24, 2.45) is 5.73 Å². The van der Waals surface area contributed by atoms with Crippen molar-refractivity contribution < 1.29 is 4.79 Å². The van der Waals surface area contributed by atoms with Gasteiger partial charge in [-0.05, 0) is 67.5 Å². The summed E-state index contributed by atoms with van der Waals surface area (Å²) in [5, 5.41) is 4.66. The second-order valence-electron chi connectivity index (χ2n) is 8.12. The maximum atomic E-state index is 12.5. The number of rotatable bonds is 4. The molecule has 0 saturated carbocycles. The van der Waals surface area contributed by atoms with E-state index < -0.39 is 0 Å². The average Bonchev–Trinajstić information content (AvgIpc) is 2.74. The first kappa shape index (κ1) is 21.0. The minimum Gasteiger partial charge on any atom is -0.398 e. The van der Waals surface area contributed by atoms with Crippen LogP contribution in [0.2, 0.25) is 0 Å². The number of nitrogens with zero attached hydrogens (tertiary/aromatic N) is 3. The number of carbonyl (C=O) groups excluding carboxylic acids is 1. The molecule has 3 aromatic rings. The normalized spacial score (nSPS) is 15.6. The molecule has 2 aromatic heterocycles. The minimum absolute atomic E-state index is 0.0463. The van der Waals surface area contributed by atoms with Crippen LogP contribution in [0.25, 0.3) is 21.9 Å². The van der Waals surface area contributed by atoms with Crippen molar-refractivity contribution in [2.45, 2.75) is 32.9 Å². The summed E-state index contributed by atoms with van der Waals surface area (Å²) in [6.45, 7) is 5.78. The summed E-state index contributed by atoms with van der Waals surface area (Å²) >= 11 is 0. The Hall–Kier alpha value is -3.29. The smallest absolute Gasteiger partial charge is 0.249 e. The number of nitrogens with one attached hydrogen (secondary N) is 1. The number of fused-ring (bicyclic) bond motifs is 1. The van der Waals surface area contributed by atoms with Gasteiger partial charge in [0.05, 0.1) is 6.17 Å². The highest BCUT2D eigenvalue weighted by Gasteiger charge is 2.17. The van der Waals surface area contributed by atoms with Gasteiger partial charge in [-0.3, -0.25) is 14.7 Å². The first-order valence-corrected chi connectivity index (χ1v) is 10.5. The average molecular weight is 417 g/mol. The molecule has 160 valence electrons. The van der Waals surface area contributed by atoms with E-state index in [9.17, 15) is 4.79 Å². The number of carbonyl (C=O) groups is 1. The predicted molar refractivity (Wildman–Crippen MR) is 125 cm³/mol. The monoisotopic (exact) mass is 416 g/mol. The molecule has 31 heavy (non-hydrogen) atoms. The lowest BCUT2D eigenvalue weighted by atomic mass is 9.99. The number of aromatic nitrogens is 2. The SMILES string of the molecule is Cc1ccncc1-c1cc(N)c2cnc(NC(=O)C=C3CCN(C(C)N)CC3)cc2c1. The zero-order valence-corrected chi connectivity index (χ0v) is 17.9. The summed E-state index contributed by atoms with van der Waals surface area (Å²) in [6.07, 6.45) is 8.75. The number of amides is 1. The molecule has 5 N–H and O–H groups in total. The van der Waals surface area contributed by atoms with E-state index in [1.807, 2.05) is 38.2 Å². The Morgan fingerprint density at radius 3 is 2.71 bits per heavy atom. The van der Waals surface area contributed by atoms with E-state index in [-0.39, 0.29) is 12.1 Å². The van der Waals surface area contributed by atoms with E-state index >= 15 is 0 Å². The van der Waals surface area contributed by atoms with Gasteiger partial charge in [0.1, 0.15) is 5.82 Å². The fraction of sp³-hybridized carbons (Fsp3) is 0.292. The number of nitrogens with two attached hydrogens (primary N) is 2. The zero-order valence-electron chi connectivity index (χ0n) is 17.9. The van der Waals surface area contributed by atoms with Gasteiger partial charge in [-0.1, -0.05) is 5.57 Å². The topological polar surface area (TPSA) is 110 Å². The number of hydrogen-bond donors (Lipinski definition) is 3. The molecule has 0 spiro atoms. The van der Waals surface area contributed by atoms with E-state index in [0.29, 0.717) is 11.5 Å². The third-order valence-electron chi connectivity index (χ3n) is 5.82. The number of likely N-dealkylation sites (tertiary alicyclic amines) is 1. The Balaban J connectivity index is 1.54. The maximum Gasteiger partial charge on any atom is 0.249 e. The van der Waals surface area contributed by atoms with Crippen molar-refractivity contribution in [3.05, 3.63) is 60.1 Å². The molecule has 7 nitrogen and oxygen atoms in total. The van der Waals surface area contributed by atoms with Crippen LogP contribution in [0, 0.1) is 6.92 Å². The highest BCUT2D eigenvalue weighted by molar-refractivity contribution is 6.02. The van der Waals surface area contributed by atoms with Gasteiger partial charge in [-0.15, -0.1) is 0 Å². The molecule has 1 saturated heterocycles. The van der Waals surface area contributed by atoms with Crippen molar-refractivity contribution in [1.82, 2.24) is 14.9 Å². The van der Waals surface area contributed by atoms with Gasteiger partial charge in [0.15, 0.2) is 0 Å².